The molecule has 0 bridgehead atoms. The summed E-state index contributed by atoms with van der Waals surface area (Å²) in [7, 11) is 0. The van der Waals surface area contributed by atoms with Gasteiger partial charge in [0.15, 0.2) is 0 Å². The molecule has 84 valence electrons. The van der Waals surface area contributed by atoms with Crippen molar-refractivity contribution in [1.29, 1.82) is 0 Å². The predicted molar refractivity (Wildman–Crippen MR) is 58.0 cm³/mol. The summed E-state index contributed by atoms with van der Waals surface area (Å²) in [5, 5.41) is 19.5. The zero-order valence-electron chi connectivity index (χ0n) is 9.45. The van der Waals surface area contributed by atoms with Crippen molar-refractivity contribution in [3.05, 3.63) is 0 Å². The fourth-order valence-corrected chi connectivity index (χ4v) is 2.63. The van der Waals surface area contributed by atoms with Crippen molar-refractivity contribution in [2.24, 2.45) is 11.8 Å². The summed E-state index contributed by atoms with van der Waals surface area (Å²) < 4.78 is 0. The SMILES string of the molecule is CCC(O)C1CCCC(C(O)CC)C1. The molecule has 2 N–H and O–H groups in total. The summed E-state index contributed by atoms with van der Waals surface area (Å²) in [4.78, 5) is 0. The monoisotopic (exact) mass is 200 g/mol. The molecule has 0 saturated heterocycles. The molecule has 14 heavy (non-hydrogen) atoms. The average molecular weight is 200 g/mol. The number of hydrogen-bond acceptors (Lipinski definition) is 2. The predicted octanol–water partition coefficient (Wildman–Crippen LogP) is 2.33. The lowest BCUT2D eigenvalue weighted by Crippen LogP contribution is -2.31. The van der Waals surface area contributed by atoms with Gasteiger partial charge in [-0.15, -0.1) is 0 Å². The number of aliphatic hydroxyl groups is 2. The van der Waals surface area contributed by atoms with E-state index in [4.69, 9.17) is 0 Å². The van der Waals surface area contributed by atoms with E-state index < -0.39 is 0 Å². The van der Waals surface area contributed by atoms with Gasteiger partial charge in [-0.05, 0) is 43.9 Å². The van der Waals surface area contributed by atoms with Gasteiger partial charge in [0.2, 0.25) is 0 Å². The van der Waals surface area contributed by atoms with Crippen LogP contribution in [0.25, 0.3) is 0 Å². The molecule has 0 aromatic carbocycles. The fraction of sp³-hybridized carbons (Fsp3) is 1.00. The number of hydrogen-bond donors (Lipinski definition) is 2. The minimum absolute atomic E-state index is 0.151. The highest BCUT2D eigenvalue weighted by atomic mass is 16.3. The van der Waals surface area contributed by atoms with Gasteiger partial charge < -0.3 is 10.2 Å². The number of aliphatic hydroxyl groups excluding tert-OH is 2. The largest absolute Gasteiger partial charge is 0.393 e. The first kappa shape index (κ1) is 12.0. The molecule has 1 fully saturated rings. The van der Waals surface area contributed by atoms with E-state index in [2.05, 4.69) is 0 Å². The Bertz CT molecular complexity index is 142. The molecule has 0 radical (unpaired) electrons. The van der Waals surface area contributed by atoms with Gasteiger partial charge >= 0.3 is 0 Å². The van der Waals surface area contributed by atoms with Crippen molar-refractivity contribution in [1.82, 2.24) is 0 Å². The van der Waals surface area contributed by atoms with Crippen LogP contribution in [0.15, 0.2) is 0 Å². The second-order valence-corrected chi connectivity index (χ2v) is 4.64. The van der Waals surface area contributed by atoms with Gasteiger partial charge in [0.25, 0.3) is 0 Å². The van der Waals surface area contributed by atoms with Crippen molar-refractivity contribution in [3.63, 3.8) is 0 Å². The van der Waals surface area contributed by atoms with Crippen LogP contribution in [0.3, 0.4) is 0 Å². The van der Waals surface area contributed by atoms with Gasteiger partial charge in [0.05, 0.1) is 12.2 Å². The van der Waals surface area contributed by atoms with Gasteiger partial charge in [0.1, 0.15) is 0 Å². The summed E-state index contributed by atoms with van der Waals surface area (Å²) >= 11 is 0. The molecular formula is C12H24O2. The standard InChI is InChI=1S/C12H24O2/c1-3-11(13)9-6-5-7-10(8-9)12(14)4-2/h9-14H,3-8H2,1-2H3. The molecule has 1 aliphatic carbocycles. The van der Waals surface area contributed by atoms with E-state index in [1.807, 2.05) is 13.8 Å². The second-order valence-electron chi connectivity index (χ2n) is 4.64. The van der Waals surface area contributed by atoms with Gasteiger partial charge in [-0.25, -0.2) is 0 Å². The van der Waals surface area contributed by atoms with Crippen molar-refractivity contribution in [3.8, 4) is 0 Å². The molecule has 0 heterocycles. The molecule has 0 amide bonds. The lowest BCUT2D eigenvalue weighted by atomic mass is 9.75. The molecule has 0 aromatic heterocycles. The fourth-order valence-electron chi connectivity index (χ4n) is 2.63. The zero-order chi connectivity index (χ0) is 10.6. The van der Waals surface area contributed by atoms with E-state index in [-0.39, 0.29) is 12.2 Å². The molecule has 1 rings (SSSR count). The summed E-state index contributed by atoms with van der Waals surface area (Å²) in [6.07, 6.45) is 5.86. The Morgan fingerprint density at radius 2 is 1.43 bits per heavy atom. The van der Waals surface area contributed by atoms with Gasteiger partial charge in [-0.2, -0.15) is 0 Å². The van der Waals surface area contributed by atoms with Crippen LogP contribution < -0.4 is 0 Å². The first-order valence-electron chi connectivity index (χ1n) is 6.05. The van der Waals surface area contributed by atoms with Crippen LogP contribution in [0.5, 0.6) is 0 Å². The molecule has 0 spiro atoms. The molecule has 2 heteroatoms. The van der Waals surface area contributed by atoms with E-state index >= 15 is 0 Å². The summed E-state index contributed by atoms with van der Waals surface area (Å²) in [6.45, 7) is 4.06. The maximum Gasteiger partial charge on any atom is 0.0565 e. The maximum atomic E-state index is 9.77. The van der Waals surface area contributed by atoms with E-state index in [0.717, 1.165) is 32.1 Å². The van der Waals surface area contributed by atoms with Crippen molar-refractivity contribution < 1.29 is 10.2 Å². The van der Waals surface area contributed by atoms with Crippen molar-refractivity contribution >= 4 is 0 Å². The Hall–Kier alpha value is -0.0800. The van der Waals surface area contributed by atoms with Crippen LogP contribution in [-0.2, 0) is 0 Å². The third-order valence-corrected chi connectivity index (χ3v) is 3.68. The minimum Gasteiger partial charge on any atom is -0.393 e. The molecule has 4 unspecified atom stereocenters. The third-order valence-electron chi connectivity index (χ3n) is 3.68. The first-order valence-corrected chi connectivity index (χ1v) is 6.05. The highest BCUT2D eigenvalue weighted by Crippen LogP contribution is 2.34. The van der Waals surface area contributed by atoms with Crippen molar-refractivity contribution in [2.75, 3.05) is 0 Å². The summed E-state index contributed by atoms with van der Waals surface area (Å²) in [6, 6.07) is 0. The molecule has 0 aromatic rings. The third kappa shape index (κ3) is 2.96. The highest BCUT2D eigenvalue weighted by molar-refractivity contribution is 4.80. The van der Waals surface area contributed by atoms with Crippen LogP contribution in [0, 0.1) is 11.8 Å². The molecule has 1 saturated carbocycles. The molecule has 4 atom stereocenters. The Morgan fingerprint density at radius 3 is 1.79 bits per heavy atom. The zero-order valence-corrected chi connectivity index (χ0v) is 9.45. The smallest absolute Gasteiger partial charge is 0.0565 e. The quantitative estimate of drug-likeness (QED) is 0.731. The van der Waals surface area contributed by atoms with Crippen LogP contribution >= 0.6 is 0 Å². The highest BCUT2D eigenvalue weighted by Gasteiger charge is 2.29. The summed E-state index contributed by atoms with van der Waals surface area (Å²) in [5.41, 5.74) is 0. The topological polar surface area (TPSA) is 40.5 Å². The van der Waals surface area contributed by atoms with Gasteiger partial charge in [-0.3, -0.25) is 0 Å². The Labute approximate surface area is 87.3 Å². The molecular weight excluding hydrogens is 176 g/mol. The van der Waals surface area contributed by atoms with Crippen LogP contribution in [0.2, 0.25) is 0 Å². The molecule has 2 nitrogen and oxygen atoms in total. The Morgan fingerprint density at radius 1 is 1.00 bits per heavy atom. The lowest BCUT2D eigenvalue weighted by Gasteiger charge is -2.34. The number of rotatable bonds is 4. The maximum absolute atomic E-state index is 9.77. The van der Waals surface area contributed by atoms with Gasteiger partial charge in [-0.1, -0.05) is 20.3 Å². The Balaban J connectivity index is 2.43. The van der Waals surface area contributed by atoms with E-state index in [1.165, 1.54) is 6.42 Å². The first-order chi connectivity index (χ1) is 6.69. The molecule has 1 aliphatic rings. The average Bonchev–Trinajstić information content (AvgIpc) is 2.27. The van der Waals surface area contributed by atoms with Crippen LogP contribution in [0.4, 0.5) is 0 Å². The van der Waals surface area contributed by atoms with E-state index in [1.54, 1.807) is 0 Å². The summed E-state index contributed by atoms with van der Waals surface area (Å²) in [5.74, 6) is 0.861. The minimum atomic E-state index is -0.151. The van der Waals surface area contributed by atoms with Gasteiger partial charge in [0, 0.05) is 0 Å². The second kappa shape index (κ2) is 5.72. The normalized spacial score (nSPS) is 32.6. The van der Waals surface area contributed by atoms with Crippen LogP contribution in [-0.4, -0.2) is 22.4 Å². The van der Waals surface area contributed by atoms with Crippen molar-refractivity contribution in [2.45, 2.75) is 64.6 Å². The van der Waals surface area contributed by atoms with Crippen LogP contribution in [0.1, 0.15) is 52.4 Å². The van der Waals surface area contributed by atoms with E-state index in [0.29, 0.717) is 11.8 Å². The molecule has 0 aliphatic heterocycles. The van der Waals surface area contributed by atoms with E-state index in [9.17, 15) is 10.2 Å². The lowest BCUT2D eigenvalue weighted by molar-refractivity contribution is 0.0207. The Kier molecular flexibility index (Phi) is 4.90.